The van der Waals surface area contributed by atoms with Gasteiger partial charge in [-0.25, -0.2) is 9.59 Å². The van der Waals surface area contributed by atoms with Gasteiger partial charge in [-0.1, -0.05) is 38.7 Å². The Balaban J connectivity index is 2.30. The molecule has 1 rings (SSSR count). The SMILES string of the molecule is C=C(C)C(=O)OCCNC(=O)Oc1ccc(C#CCOCC(C)CC)cc1. The Labute approximate surface area is 160 Å². The largest absolute Gasteiger partial charge is 0.460 e. The number of carbonyl (C=O) groups excluding carboxylic acids is 2. The number of amides is 1. The van der Waals surface area contributed by atoms with Crippen molar-refractivity contribution in [1.82, 2.24) is 5.32 Å². The molecule has 0 fully saturated rings. The van der Waals surface area contributed by atoms with Crippen LogP contribution in [0.5, 0.6) is 5.75 Å². The highest BCUT2D eigenvalue weighted by Crippen LogP contribution is 2.11. The Morgan fingerprint density at radius 2 is 1.96 bits per heavy atom. The summed E-state index contributed by atoms with van der Waals surface area (Å²) in [5.41, 5.74) is 1.12. The minimum Gasteiger partial charge on any atom is -0.460 e. The summed E-state index contributed by atoms with van der Waals surface area (Å²) in [6.07, 6.45) is 0.459. The third kappa shape index (κ3) is 10.1. The van der Waals surface area contributed by atoms with Crippen molar-refractivity contribution in [2.75, 3.05) is 26.4 Å². The van der Waals surface area contributed by atoms with Crippen LogP contribution in [0, 0.1) is 17.8 Å². The molecule has 0 aliphatic carbocycles. The molecular weight excluding hydrogens is 346 g/mol. The highest BCUT2D eigenvalue weighted by atomic mass is 16.6. The summed E-state index contributed by atoms with van der Waals surface area (Å²) in [5.74, 6) is 6.38. The zero-order chi connectivity index (χ0) is 20.1. The Hall–Kier alpha value is -2.78. The molecule has 1 amide bonds. The van der Waals surface area contributed by atoms with E-state index in [2.05, 4.69) is 37.6 Å². The molecule has 146 valence electrons. The van der Waals surface area contributed by atoms with Gasteiger partial charge in [0, 0.05) is 11.1 Å². The molecule has 6 nitrogen and oxygen atoms in total. The van der Waals surface area contributed by atoms with Gasteiger partial charge >= 0.3 is 12.1 Å². The van der Waals surface area contributed by atoms with Gasteiger partial charge in [-0.15, -0.1) is 0 Å². The minimum atomic E-state index is -0.626. The highest BCUT2D eigenvalue weighted by Gasteiger charge is 2.06. The van der Waals surface area contributed by atoms with E-state index in [9.17, 15) is 9.59 Å². The summed E-state index contributed by atoms with van der Waals surface area (Å²) in [6.45, 7) is 10.6. The Kier molecular flexibility index (Phi) is 10.4. The zero-order valence-electron chi connectivity index (χ0n) is 16.2. The third-order valence-corrected chi connectivity index (χ3v) is 3.52. The van der Waals surface area contributed by atoms with Crippen molar-refractivity contribution in [1.29, 1.82) is 0 Å². The lowest BCUT2D eigenvalue weighted by Gasteiger charge is -2.07. The summed E-state index contributed by atoms with van der Waals surface area (Å²) in [6, 6.07) is 6.84. The number of nitrogens with one attached hydrogen (secondary N) is 1. The predicted molar refractivity (Wildman–Crippen MR) is 103 cm³/mol. The molecule has 1 aromatic carbocycles. The Bertz CT molecular complexity index is 685. The zero-order valence-corrected chi connectivity index (χ0v) is 16.2. The highest BCUT2D eigenvalue weighted by molar-refractivity contribution is 5.86. The van der Waals surface area contributed by atoms with Gasteiger partial charge < -0.3 is 19.5 Å². The minimum absolute atomic E-state index is 0.0500. The molecule has 1 unspecified atom stereocenters. The molecule has 27 heavy (non-hydrogen) atoms. The second-order valence-electron chi connectivity index (χ2n) is 6.09. The topological polar surface area (TPSA) is 73.9 Å². The average molecular weight is 373 g/mol. The number of hydrogen-bond acceptors (Lipinski definition) is 5. The normalized spacial score (nSPS) is 10.9. The third-order valence-electron chi connectivity index (χ3n) is 3.52. The molecule has 1 aromatic rings. The smallest absolute Gasteiger partial charge is 0.412 e. The van der Waals surface area contributed by atoms with Gasteiger partial charge in [-0.2, -0.15) is 0 Å². The molecule has 1 atom stereocenters. The second kappa shape index (κ2) is 12.6. The summed E-state index contributed by atoms with van der Waals surface area (Å²) >= 11 is 0. The molecule has 0 saturated carbocycles. The molecule has 0 radical (unpaired) electrons. The van der Waals surface area contributed by atoms with Crippen molar-refractivity contribution in [3.8, 4) is 17.6 Å². The first-order valence-corrected chi connectivity index (χ1v) is 8.87. The van der Waals surface area contributed by atoms with Gasteiger partial charge in [0.15, 0.2) is 0 Å². The first-order valence-electron chi connectivity index (χ1n) is 8.87. The lowest BCUT2D eigenvalue weighted by molar-refractivity contribution is -0.138. The van der Waals surface area contributed by atoms with Gasteiger partial charge in [0.25, 0.3) is 0 Å². The van der Waals surface area contributed by atoms with Crippen LogP contribution in [0.25, 0.3) is 0 Å². The van der Waals surface area contributed by atoms with E-state index < -0.39 is 12.1 Å². The van der Waals surface area contributed by atoms with E-state index >= 15 is 0 Å². The van der Waals surface area contributed by atoms with E-state index in [0.29, 0.717) is 30.5 Å². The van der Waals surface area contributed by atoms with E-state index in [-0.39, 0.29) is 13.2 Å². The van der Waals surface area contributed by atoms with E-state index in [1.54, 1.807) is 31.2 Å². The number of carbonyl (C=O) groups is 2. The number of benzene rings is 1. The molecule has 0 saturated heterocycles. The van der Waals surface area contributed by atoms with Crippen LogP contribution < -0.4 is 10.1 Å². The number of rotatable bonds is 9. The molecule has 0 aromatic heterocycles. The Morgan fingerprint density at radius 3 is 2.59 bits per heavy atom. The molecule has 0 heterocycles. The van der Waals surface area contributed by atoms with Crippen LogP contribution in [0.4, 0.5) is 4.79 Å². The van der Waals surface area contributed by atoms with Crippen LogP contribution in [-0.4, -0.2) is 38.4 Å². The van der Waals surface area contributed by atoms with Gasteiger partial charge in [-0.05, 0) is 37.1 Å². The number of esters is 1. The fourth-order valence-electron chi connectivity index (χ4n) is 1.74. The molecule has 0 aliphatic heterocycles. The fraction of sp³-hybridized carbons (Fsp3) is 0.429. The quantitative estimate of drug-likeness (QED) is 0.311. The van der Waals surface area contributed by atoms with Crippen molar-refractivity contribution in [3.05, 3.63) is 42.0 Å². The van der Waals surface area contributed by atoms with Crippen LogP contribution in [-0.2, 0) is 14.3 Å². The maximum Gasteiger partial charge on any atom is 0.412 e. The second-order valence-corrected chi connectivity index (χ2v) is 6.09. The average Bonchev–Trinajstić information content (AvgIpc) is 2.65. The Morgan fingerprint density at radius 1 is 1.26 bits per heavy atom. The van der Waals surface area contributed by atoms with Crippen LogP contribution in [0.3, 0.4) is 0 Å². The van der Waals surface area contributed by atoms with Crippen LogP contribution in [0.2, 0.25) is 0 Å². The van der Waals surface area contributed by atoms with Crippen LogP contribution in [0.1, 0.15) is 32.8 Å². The predicted octanol–water partition coefficient (Wildman–Crippen LogP) is 3.31. The van der Waals surface area contributed by atoms with Crippen molar-refractivity contribution in [2.45, 2.75) is 27.2 Å². The fourth-order valence-corrected chi connectivity index (χ4v) is 1.74. The van der Waals surface area contributed by atoms with Crippen molar-refractivity contribution < 1.29 is 23.8 Å². The molecule has 0 aliphatic rings. The van der Waals surface area contributed by atoms with Gasteiger partial charge in [0.05, 0.1) is 13.2 Å². The summed E-state index contributed by atoms with van der Waals surface area (Å²) in [4.78, 5) is 22.8. The van der Waals surface area contributed by atoms with Crippen molar-refractivity contribution >= 4 is 12.1 Å². The van der Waals surface area contributed by atoms with Crippen molar-refractivity contribution in [3.63, 3.8) is 0 Å². The van der Waals surface area contributed by atoms with E-state index in [1.807, 2.05) is 0 Å². The lowest BCUT2D eigenvalue weighted by atomic mass is 10.1. The van der Waals surface area contributed by atoms with Gasteiger partial charge in [-0.3, -0.25) is 0 Å². The number of hydrogen-bond donors (Lipinski definition) is 1. The molecule has 0 spiro atoms. The van der Waals surface area contributed by atoms with Gasteiger partial charge in [0.2, 0.25) is 0 Å². The standard InChI is InChI=1S/C21H27NO5/c1-5-17(4)15-25-13-6-7-18-8-10-19(11-9-18)27-21(24)22-12-14-26-20(23)16(2)3/h8-11,17H,2,5,12-15H2,1,3-4H3,(H,22,24). The van der Waals surface area contributed by atoms with Gasteiger partial charge in [0.1, 0.15) is 19.0 Å². The maximum absolute atomic E-state index is 11.7. The van der Waals surface area contributed by atoms with E-state index in [4.69, 9.17) is 14.2 Å². The van der Waals surface area contributed by atoms with E-state index in [0.717, 1.165) is 12.0 Å². The van der Waals surface area contributed by atoms with Crippen LogP contribution >= 0.6 is 0 Å². The summed E-state index contributed by atoms with van der Waals surface area (Å²) in [7, 11) is 0. The number of ether oxygens (including phenoxy) is 3. The summed E-state index contributed by atoms with van der Waals surface area (Å²) < 4.78 is 15.5. The molecule has 6 heteroatoms. The molecular formula is C21H27NO5. The molecule has 1 N–H and O–H groups in total. The van der Waals surface area contributed by atoms with E-state index in [1.165, 1.54) is 0 Å². The first kappa shape index (κ1) is 22.3. The maximum atomic E-state index is 11.7. The van der Waals surface area contributed by atoms with Crippen molar-refractivity contribution in [2.24, 2.45) is 5.92 Å². The van der Waals surface area contributed by atoms with Crippen LogP contribution in [0.15, 0.2) is 36.4 Å². The molecule has 0 bridgehead atoms. The monoisotopic (exact) mass is 373 g/mol. The summed E-state index contributed by atoms with van der Waals surface area (Å²) in [5, 5.41) is 2.49. The lowest BCUT2D eigenvalue weighted by Crippen LogP contribution is -2.30. The first-order chi connectivity index (χ1) is 12.9.